The lowest BCUT2D eigenvalue weighted by Gasteiger charge is -2.31. The van der Waals surface area contributed by atoms with Crippen LogP contribution in [0.3, 0.4) is 0 Å². The molecule has 1 aliphatic heterocycles. The standard InChI is InChI=1S/C22H24N4O3S2/c1-29-17-6-4-15(5-7-17)20(28)16-8-11-25(12-9-16)19(27)10-13-26-21(23-24-22(26)30)18-3-2-14-31-18/h2-7,14,16H,8-13H2,1H3,(H,24,30). The number of ether oxygens (including phenoxy) is 1. The molecule has 1 saturated heterocycles. The molecule has 1 fully saturated rings. The molecule has 1 amide bonds. The average Bonchev–Trinajstić information content (AvgIpc) is 3.47. The van der Waals surface area contributed by atoms with Gasteiger partial charge >= 0.3 is 0 Å². The predicted molar refractivity (Wildman–Crippen MR) is 122 cm³/mol. The van der Waals surface area contributed by atoms with E-state index in [2.05, 4.69) is 10.2 Å². The Morgan fingerprint density at radius 1 is 1.23 bits per heavy atom. The second kappa shape index (κ2) is 9.57. The van der Waals surface area contributed by atoms with Gasteiger partial charge in [-0.25, -0.2) is 0 Å². The minimum Gasteiger partial charge on any atom is -0.497 e. The fourth-order valence-electron chi connectivity index (χ4n) is 3.87. The number of ketones is 1. The van der Waals surface area contributed by atoms with Gasteiger partial charge in [0.2, 0.25) is 5.91 Å². The maximum Gasteiger partial charge on any atom is 0.224 e. The molecule has 162 valence electrons. The molecule has 1 N–H and O–H groups in total. The van der Waals surface area contributed by atoms with Crippen molar-refractivity contribution in [3.63, 3.8) is 0 Å². The van der Waals surface area contributed by atoms with Crippen LogP contribution in [-0.4, -0.2) is 51.6 Å². The van der Waals surface area contributed by atoms with E-state index >= 15 is 0 Å². The molecule has 3 aromatic rings. The topological polar surface area (TPSA) is 80.2 Å². The monoisotopic (exact) mass is 456 g/mol. The Morgan fingerprint density at radius 3 is 2.61 bits per heavy atom. The lowest BCUT2D eigenvalue weighted by atomic mass is 9.89. The molecule has 0 spiro atoms. The van der Waals surface area contributed by atoms with Crippen molar-refractivity contribution in [3.05, 3.63) is 52.1 Å². The minimum absolute atomic E-state index is 0.0506. The lowest BCUT2D eigenvalue weighted by Crippen LogP contribution is -2.40. The molecule has 0 atom stereocenters. The van der Waals surface area contributed by atoms with Crippen LogP contribution in [-0.2, 0) is 11.3 Å². The zero-order valence-electron chi connectivity index (χ0n) is 17.2. The summed E-state index contributed by atoms with van der Waals surface area (Å²) in [6.07, 6.45) is 1.72. The third-order valence-electron chi connectivity index (χ3n) is 5.64. The van der Waals surface area contributed by atoms with Gasteiger partial charge in [0.05, 0.1) is 12.0 Å². The fraction of sp³-hybridized carbons (Fsp3) is 0.364. The highest BCUT2D eigenvalue weighted by molar-refractivity contribution is 7.71. The van der Waals surface area contributed by atoms with Gasteiger partial charge in [0.25, 0.3) is 0 Å². The normalized spacial score (nSPS) is 14.5. The molecule has 31 heavy (non-hydrogen) atoms. The number of hydrogen-bond donors (Lipinski definition) is 1. The highest BCUT2D eigenvalue weighted by Gasteiger charge is 2.28. The summed E-state index contributed by atoms with van der Waals surface area (Å²) in [6.45, 7) is 1.67. The third kappa shape index (κ3) is 4.77. The number of amides is 1. The van der Waals surface area contributed by atoms with Gasteiger partial charge in [0.1, 0.15) is 5.75 Å². The largest absolute Gasteiger partial charge is 0.497 e. The number of benzene rings is 1. The number of thiophene rings is 1. The van der Waals surface area contributed by atoms with Crippen molar-refractivity contribution in [2.75, 3.05) is 20.2 Å². The summed E-state index contributed by atoms with van der Waals surface area (Å²) in [7, 11) is 1.60. The first kappa shape index (κ1) is 21.5. The SMILES string of the molecule is COc1ccc(C(=O)C2CCN(C(=O)CCn3c(-c4cccs4)n[nH]c3=S)CC2)cc1. The molecular weight excluding hydrogens is 432 g/mol. The van der Waals surface area contributed by atoms with Gasteiger partial charge < -0.3 is 9.64 Å². The number of carbonyl (C=O) groups excluding carboxylic acids is 2. The molecule has 1 aromatic carbocycles. The molecule has 0 aliphatic carbocycles. The van der Waals surface area contributed by atoms with Crippen LogP contribution >= 0.6 is 23.6 Å². The van der Waals surface area contributed by atoms with Crippen molar-refractivity contribution in [3.8, 4) is 16.5 Å². The molecule has 3 heterocycles. The van der Waals surface area contributed by atoms with E-state index in [0.29, 0.717) is 49.2 Å². The number of Topliss-reactive ketones (excluding diaryl/α,β-unsaturated/α-hetero) is 1. The van der Waals surface area contributed by atoms with Crippen LogP contribution < -0.4 is 4.74 Å². The molecule has 0 saturated carbocycles. The van der Waals surface area contributed by atoms with Crippen LogP contribution in [0.4, 0.5) is 0 Å². The summed E-state index contributed by atoms with van der Waals surface area (Å²) >= 11 is 6.93. The number of methoxy groups -OCH3 is 1. The highest BCUT2D eigenvalue weighted by atomic mass is 32.1. The summed E-state index contributed by atoms with van der Waals surface area (Å²) in [6, 6.07) is 11.2. The average molecular weight is 457 g/mol. The summed E-state index contributed by atoms with van der Waals surface area (Å²) in [5, 5.41) is 9.11. The molecule has 7 nitrogen and oxygen atoms in total. The van der Waals surface area contributed by atoms with Crippen LogP contribution in [0, 0.1) is 10.7 Å². The lowest BCUT2D eigenvalue weighted by molar-refractivity contribution is -0.132. The quantitative estimate of drug-likeness (QED) is 0.426. The summed E-state index contributed by atoms with van der Waals surface area (Å²) in [5.74, 6) is 1.66. The van der Waals surface area contributed by atoms with E-state index in [1.54, 1.807) is 42.7 Å². The first-order valence-electron chi connectivity index (χ1n) is 10.2. The minimum atomic E-state index is -0.0506. The number of hydrogen-bond acceptors (Lipinski definition) is 6. The van der Waals surface area contributed by atoms with Gasteiger partial charge in [0, 0.05) is 37.5 Å². The summed E-state index contributed by atoms with van der Waals surface area (Å²) in [5.41, 5.74) is 0.695. The summed E-state index contributed by atoms with van der Waals surface area (Å²) < 4.78 is 7.54. The van der Waals surface area contributed by atoms with Gasteiger partial charge in [-0.2, -0.15) is 5.10 Å². The van der Waals surface area contributed by atoms with Crippen molar-refractivity contribution in [1.29, 1.82) is 0 Å². The Kier molecular flexibility index (Phi) is 6.62. The van der Waals surface area contributed by atoms with Crippen LogP contribution in [0.1, 0.15) is 29.6 Å². The molecule has 0 bridgehead atoms. The van der Waals surface area contributed by atoms with Gasteiger partial charge in [-0.05, 0) is 60.8 Å². The number of carbonyl (C=O) groups is 2. The Labute approximate surface area is 189 Å². The Morgan fingerprint density at radius 2 is 1.97 bits per heavy atom. The van der Waals surface area contributed by atoms with Crippen molar-refractivity contribution >= 4 is 35.2 Å². The zero-order chi connectivity index (χ0) is 21.8. The fourth-order valence-corrected chi connectivity index (χ4v) is 4.81. The van der Waals surface area contributed by atoms with Crippen molar-refractivity contribution in [1.82, 2.24) is 19.7 Å². The van der Waals surface area contributed by atoms with E-state index in [4.69, 9.17) is 17.0 Å². The van der Waals surface area contributed by atoms with Crippen molar-refractivity contribution in [2.24, 2.45) is 5.92 Å². The number of likely N-dealkylation sites (tertiary alicyclic amines) is 1. The maximum absolute atomic E-state index is 12.8. The predicted octanol–water partition coefficient (Wildman–Crippen LogP) is 4.19. The maximum atomic E-state index is 12.8. The van der Waals surface area contributed by atoms with E-state index in [-0.39, 0.29) is 17.6 Å². The van der Waals surface area contributed by atoms with E-state index in [9.17, 15) is 9.59 Å². The van der Waals surface area contributed by atoms with Crippen molar-refractivity contribution in [2.45, 2.75) is 25.8 Å². The van der Waals surface area contributed by atoms with Crippen LogP contribution in [0.5, 0.6) is 5.75 Å². The first-order valence-corrected chi connectivity index (χ1v) is 11.5. The van der Waals surface area contributed by atoms with E-state index < -0.39 is 0 Å². The zero-order valence-corrected chi connectivity index (χ0v) is 18.9. The van der Waals surface area contributed by atoms with Crippen LogP contribution in [0.2, 0.25) is 0 Å². The van der Waals surface area contributed by atoms with Crippen LogP contribution in [0.25, 0.3) is 10.7 Å². The number of aromatic nitrogens is 3. The van der Waals surface area contributed by atoms with Gasteiger partial charge in [-0.1, -0.05) is 6.07 Å². The molecule has 4 rings (SSSR count). The molecule has 2 aromatic heterocycles. The second-order valence-corrected chi connectivity index (χ2v) is 8.81. The van der Waals surface area contributed by atoms with E-state index in [1.165, 1.54) is 0 Å². The van der Waals surface area contributed by atoms with Gasteiger partial charge in [-0.15, -0.1) is 11.3 Å². The first-order chi connectivity index (χ1) is 15.1. The Bertz CT molecular complexity index is 1090. The van der Waals surface area contributed by atoms with Gasteiger partial charge in [0.15, 0.2) is 16.4 Å². The Balaban J connectivity index is 1.31. The molecule has 0 unspecified atom stereocenters. The van der Waals surface area contributed by atoms with Gasteiger partial charge in [-0.3, -0.25) is 19.3 Å². The number of rotatable bonds is 7. The Hall–Kier alpha value is -2.78. The van der Waals surface area contributed by atoms with Crippen molar-refractivity contribution < 1.29 is 14.3 Å². The third-order valence-corrected chi connectivity index (χ3v) is 6.82. The molecule has 9 heteroatoms. The van der Waals surface area contributed by atoms with E-state index in [0.717, 1.165) is 16.5 Å². The molecular formula is C22H24N4O3S2. The number of nitrogens with one attached hydrogen (secondary N) is 1. The summed E-state index contributed by atoms with van der Waals surface area (Å²) in [4.78, 5) is 28.4. The molecule has 0 radical (unpaired) electrons. The molecule has 1 aliphatic rings. The number of nitrogens with zero attached hydrogens (tertiary/aromatic N) is 3. The number of H-pyrrole nitrogens is 1. The number of piperidine rings is 1. The number of aromatic amines is 1. The van der Waals surface area contributed by atoms with E-state index in [1.807, 2.05) is 27.0 Å². The van der Waals surface area contributed by atoms with Crippen LogP contribution in [0.15, 0.2) is 41.8 Å². The second-order valence-electron chi connectivity index (χ2n) is 7.48. The highest BCUT2D eigenvalue weighted by Crippen LogP contribution is 2.25. The smallest absolute Gasteiger partial charge is 0.224 e.